The number of carbonyl (C=O) groups excluding carboxylic acids is 4. The summed E-state index contributed by atoms with van der Waals surface area (Å²) in [5, 5.41) is 16.1. The Morgan fingerprint density at radius 3 is 2.48 bits per heavy atom. The lowest BCUT2D eigenvalue weighted by molar-refractivity contribution is -0.135. The normalized spacial score (nSPS) is 15.7. The summed E-state index contributed by atoms with van der Waals surface area (Å²) in [5.74, 6) is -0.973. The third-order valence-corrected chi connectivity index (χ3v) is 11.6. The van der Waals surface area contributed by atoms with Gasteiger partial charge in [-0.05, 0) is 106 Å². The number of nitrogens with one attached hydrogen (secondary N) is 3. The molecule has 4 aromatic heterocycles. The summed E-state index contributed by atoms with van der Waals surface area (Å²) in [6.07, 6.45) is 9.18. The molecule has 0 aliphatic carbocycles. The number of hydrogen-bond donors (Lipinski definition) is 3. The predicted molar refractivity (Wildman–Crippen MR) is 229 cm³/mol. The third-order valence-electron chi connectivity index (χ3n) is 11.6. The number of fused-ring (bicyclic) bond motifs is 2. The van der Waals surface area contributed by atoms with E-state index in [4.69, 9.17) is 4.74 Å². The summed E-state index contributed by atoms with van der Waals surface area (Å²) in [6.45, 7) is 3.32. The van der Waals surface area contributed by atoms with Crippen LogP contribution in [-0.2, 0) is 27.8 Å². The highest BCUT2D eigenvalue weighted by molar-refractivity contribution is 6.08. The second-order valence-corrected chi connectivity index (χ2v) is 15.9. The van der Waals surface area contributed by atoms with Crippen molar-refractivity contribution in [2.24, 2.45) is 7.05 Å². The van der Waals surface area contributed by atoms with E-state index in [9.17, 15) is 32.8 Å². The van der Waals surface area contributed by atoms with Crippen LogP contribution in [0.3, 0.4) is 0 Å². The highest BCUT2D eigenvalue weighted by Gasteiger charge is 2.31. The summed E-state index contributed by atoms with van der Waals surface area (Å²) < 4.78 is 39.8. The molecule has 0 spiro atoms. The van der Waals surface area contributed by atoms with Crippen LogP contribution in [0.15, 0.2) is 71.9 Å². The van der Waals surface area contributed by atoms with Gasteiger partial charge in [0.25, 0.3) is 18.2 Å². The fourth-order valence-electron chi connectivity index (χ4n) is 8.11. The van der Waals surface area contributed by atoms with Crippen LogP contribution in [0.4, 0.5) is 20.3 Å². The molecule has 8 rings (SSSR count). The number of imidazole rings is 1. The minimum absolute atomic E-state index is 0.142. The van der Waals surface area contributed by atoms with E-state index in [0.717, 1.165) is 74.9 Å². The third kappa shape index (κ3) is 9.52. The first-order chi connectivity index (χ1) is 30.5. The first-order valence-corrected chi connectivity index (χ1v) is 21.3. The number of amides is 4. The van der Waals surface area contributed by atoms with Crippen molar-refractivity contribution in [3.8, 4) is 5.69 Å². The molecule has 0 saturated carbocycles. The summed E-state index contributed by atoms with van der Waals surface area (Å²) in [4.78, 5) is 70.1. The topological polar surface area (TPSA) is 192 Å². The second kappa shape index (κ2) is 19.1. The van der Waals surface area contributed by atoms with Crippen LogP contribution in [0.1, 0.15) is 102 Å². The van der Waals surface area contributed by atoms with Crippen LogP contribution in [0, 0.1) is 0 Å². The van der Waals surface area contributed by atoms with E-state index in [2.05, 4.69) is 36.0 Å². The van der Waals surface area contributed by atoms with E-state index in [1.54, 1.807) is 37.5 Å². The van der Waals surface area contributed by atoms with Crippen molar-refractivity contribution < 1.29 is 32.7 Å². The Hall–Kier alpha value is -6.76. The Kier molecular flexibility index (Phi) is 13.0. The van der Waals surface area contributed by atoms with Gasteiger partial charge >= 0.3 is 5.69 Å². The summed E-state index contributed by atoms with van der Waals surface area (Å²) in [7, 11) is 1.68. The molecule has 3 N–H and O–H groups in total. The number of rotatable bonds is 17. The summed E-state index contributed by atoms with van der Waals surface area (Å²) in [5.41, 5.74) is 2.70. The number of imide groups is 1. The molecule has 6 heterocycles. The zero-order chi connectivity index (χ0) is 44.0. The molecule has 330 valence electrons. The number of nitrogens with zero attached hydrogens (tertiary/aromatic N) is 8. The van der Waals surface area contributed by atoms with E-state index in [0.29, 0.717) is 55.0 Å². The van der Waals surface area contributed by atoms with Crippen molar-refractivity contribution in [3.05, 3.63) is 100.0 Å². The van der Waals surface area contributed by atoms with Crippen molar-refractivity contribution in [2.45, 2.75) is 76.7 Å². The molecule has 2 fully saturated rings. The van der Waals surface area contributed by atoms with Gasteiger partial charge in [0.1, 0.15) is 17.4 Å². The number of anilines is 2. The van der Waals surface area contributed by atoms with Crippen molar-refractivity contribution in [2.75, 3.05) is 43.1 Å². The van der Waals surface area contributed by atoms with Crippen molar-refractivity contribution in [1.82, 2.24) is 44.1 Å². The molecule has 2 saturated heterocycles. The Labute approximate surface area is 360 Å². The maximum absolute atomic E-state index is 14.1. The van der Waals surface area contributed by atoms with Gasteiger partial charge in [-0.15, -0.1) is 0 Å². The SMILES string of the molecule is Cn1c(=O)n(C2CCC(=O)NC2=O)c2ccc(CCCCOCCCCNC(=O)c3ccc(-n4cc(NC(=O)c5cnn6ccc(N7CCCCC7)nc56)c(C(F)F)n4)cc3)cc21. The number of aryl methyl sites for hydroxylation is 2. The van der Waals surface area contributed by atoms with Crippen LogP contribution in [0.5, 0.6) is 0 Å². The predicted octanol–water partition coefficient (Wildman–Crippen LogP) is 5.28. The molecular formula is C44H49F2N11O6. The quantitative estimate of drug-likeness (QED) is 0.0804. The number of piperidine rings is 2. The molecule has 4 amide bonds. The van der Waals surface area contributed by atoms with Gasteiger partial charge in [-0.2, -0.15) is 10.2 Å². The van der Waals surface area contributed by atoms with Gasteiger partial charge in [0, 0.05) is 58.1 Å². The maximum Gasteiger partial charge on any atom is 0.329 e. The maximum atomic E-state index is 14.1. The number of carbonyl (C=O) groups is 4. The van der Waals surface area contributed by atoms with E-state index in [-0.39, 0.29) is 35.2 Å². The smallest absolute Gasteiger partial charge is 0.329 e. The highest BCUT2D eigenvalue weighted by atomic mass is 19.3. The van der Waals surface area contributed by atoms with E-state index >= 15 is 0 Å². The molecule has 2 aliphatic heterocycles. The zero-order valence-electron chi connectivity index (χ0n) is 34.9. The Morgan fingerprint density at radius 2 is 1.71 bits per heavy atom. The van der Waals surface area contributed by atoms with E-state index in [1.165, 1.54) is 30.7 Å². The molecular weight excluding hydrogens is 817 g/mol. The molecule has 2 aliphatic rings. The van der Waals surface area contributed by atoms with Crippen LogP contribution in [-0.4, -0.2) is 90.0 Å². The van der Waals surface area contributed by atoms with Gasteiger partial charge in [-0.1, -0.05) is 6.07 Å². The number of hydrogen-bond acceptors (Lipinski definition) is 10. The molecule has 0 radical (unpaired) electrons. The van der Waals surface area contributed by atoms with Crippen LogP contribution >= 0.6 is 0 Å². The molecule has 1 unspecified atom stereocenters. The molecule has 6 aromatic rings. The average Bonchev–Trinajstić information content (AvgIpc) is 3.98. The van der Waals surface area contributed by atoms with Crippen molar-refractivity contribution in [3.63, 3.8) is 0 Å². The van der Waals surface area contributed by atoms with Gasteiger partial charge in [-0.3, -0.25) is 33.6 Å². The standard InChI is InChI=1S/C44H49F2N11O6/c1-53-35-25-28(10-15-33(35)57(44(53)62)34-16-17-37(58)51-43(34)61)9-3-7-23-63-24-8-4-19-47-41(59)29-11-13-30(14-12-29)56-27-32(38(52-56)39(45)46)49-42(60)31-26-48-55-22-18-36(50-40(31)55)54-20-5-2-6-21-54/h10-15,18,22,25-27,34,39H,2-9,16-17,19-21,23-24H2,1H3,(H,47,59)(H,49,60)(H,51,58,61). The zero-order valence-corrected chi connectivity index (χ0v) is 34.9. The molecule has 19 heteroatoms. The van der Waals surface area contributed by atoms with Crippen LogP contribution in [0.25, 0.3) is 22.4 Å². The van der Waals surface area contributed by atoms with Crippen LogP contribution < -0.4 is 26.5 Å². The fourth-order valence-corrected chi connectivity index (χ4v) is 8.11. The van der Waals surface area contributed by atoms with Crippen molar-refractivity contribution in [1.29, 1.82) is 0 Å². The molecule has 17 nitrogen and oxygen atoms in total. The Bertz CT molecular complexity index is 2700. The van der Waals surface area contributed by atoms with E-state index in [1.807, 2.05) is 24.3 Å². The minimum Gasteiger partial charge on any atom is -0.381 e. The van der Waals surface area contributed by atoms with Crippen LogP contribution in [0.2, 0.25) is 0 Å². The van der Waals surface area contributed by atoms with Gasteiger partial charge in [0.05, 0.1) is 34.8 Å². The number of unbranched alkanes of at least 4 members (excludes halogenated alkanes) is 2. The Morgan fingerprint density at radius 1 is 0.937 bits per heavy atom. The average molecular weight is 866 g/mol. The highest BCUT2D eigenvalue weighted by Crippen LogP contribution is 2.29. The fraction of sp³-hybridized carbons (Fsp3) is 0.409. The number of ether oxygens (including phenoxy) is 1. The van der Waals surface area contributed by atoms with Crippen molar-refractivity contribution >= 4 is 51.8 Å². The second-order valence-electron chi connectivity index (χ2n) is 15.9. The number of halogens is 2. The van der Waals surface area contributed by atoms with Gasteiger partial charge in [0.2, 0.25) is 11.8 Å². The number of alkyl halides is 2. The number of benzene rings is 2. The summed E-state index contributed by atoms with van der Waals surface area (Å²) >= 11 is 0. The Balaban J connectivity index is 0.756. The molecule has 63 heavy (non-hydrogen) atoms. The lowest BCUT2D eigenvalue weighted by Crippen LogP contribution is -2.44. The molecule has 2 aromatic carbocycles. The monoisotopic (exact) mass is 865 g/mol. The number of aromatic nitrogens is 7. The minimum atomic E-state index is -2.97. The largest absolute Gasteiger partial charge is 0.381 e. The lowest BCUT2D eigenvalue weighted by Gasteiger charge is -2.27. The van der Waals surface area contributed by atoms with Gasteiger partial charge in [0.15, 0.2) is 11.3 Å². The van der Waals surface area contributed by atoms with Gasteiger partial charge < -0.3 is 20.3 Å². The van der Waals surface area contributed by atoms with E-state index < -0.39 is 30.0 Å². The first-order valence-electron chi connectivity index (χ1n) is 21.3. The van der Waals surface area contributed by atoms with Gasteiger partial charge in [-0.25, -0.2) is 27.8 Å². The summed E-state index contributed by atoms with van der Waals surface area (Å²) in [6, 6.07) is 13.3. The molecule has 1 atom stereocenters. The first kappa shape index (κ1) is 42.9. The molecule has 0 bridgehead atoms. The lowest BCUT2D eigenvalue weighted by atomic mass is 10.0.